The number of thioether (sulfide) groups is 1. The first-order chi connectivity index (χ1) is 13.6. The van der Waals surface area contributed by atoms with Crippen LogP contribution in [0.25, 0.3) is 6.08 Å². The SMILES string of the molecule is O=C(O)COc1cccc(/C=C2\SC(=S)N(c3cccc(C(F)(F)F)c3)C2=O)c1. The van der Waals surface area contributed by atoms with Crippen molar-refractivity contribution < 1.29 is 32.6 Å². The number of hydrogen-bond acceptors (Lipinski definition) is 5. The molecular formula is C19H12F3NO4S2. The Morgan fingerprint density at radius 2 is 1.93 bits per heavy atom. The zero-order valence-electron chi connectivity index (χ0n) is 14.5. The van der Waals surface area contributed by atoms with Gasteiger partial charge in [-0.2, -0.15) is 13.2 Å². The topological polar surface area (TPSA) is 66.8 Å². The summed E-state index contributed by atoms with van der Waals surface area (Å²) in [6.45, 7) is -0.513. The van der Waals surface area contributed by atoms with Crippen molar-refractivity contribution in [2.45, 2.75) is 6.18 Å². The molecule has 150 valence electrons. The van der Waals surface area contributed by atoms with Gasteiger partial charge < -0.3 is 9.84 Å². The van der Waals surface area contributed by atoms with E-state index in [1.807, 2.05) is 0 Å². The molecule has 0 bridgehead atoms. The molecule has 0 unspecified atom stereocenters. The van der Waals surface area contributed by atoms with Crippen molar-refractivity contribution in [1.29, 1.82) is 0 Å². The van der Waals surface area contributed by atoms with Crippen LogP contribution in [0.2, 0.25) is 0 Å². The minimum Gasteiger partial charge on any atom is -0.482 e. The molecule has 1 saturated heterocycles. The average molecular weight is 439 g/mol. The zero-order valence-corrected chi connectivity index (χ0v) is 16.1. The van der Waals surface area contributed by atoms with Crippen LogP contribution < -0.4 is 9.64 Å². The van der Waals surface area contributed by atoms with E-state index in [-0.39, 0.29) is 14.9 Å². The van der Waals surface area contributed by atoms with Crippen molar-refractivity contribution in [2.75, 3.05) is 11.5 Å². The first-order valence-electron chi connectivity index (χ1n) is 8.05. The van der Waals surface area contributed by atoms with Crippen molar-refractivity contribution in [2.24, 2.45) is 0 Å². The molecule has 0 aliphatic carbocycles. The Hall–Kier alpha value is -2.85. The number of amides is 1. The van der Waals surface area contributed by atoms with Gasteiger partial charge in [0.15, 0.2) is 10.9 Å². The molecule has 1 N–H and O–H groups in total. The Balaban J connectivity index is 1.86. The van der Waals surface area contributed by atoms with Crippen LogP contribution in [0.5, 0.6) is 5.75 Å². The number of benzene rings is 2. The number of nitrogens with zero attached hydrogens (tertiary/aromatic N) is 1. The lowest BCUT2D eigenvalue weighted by Gasteiger charge is -2.16. The second-order valence-electron chi connectivity index (χ2n) is 5.82. The molecule has 0 spiro atoms. The Bertz CT molecular complexity index is 1020. The van der Waals surface area contributed by atoms with Crippen LogP contribution in [0, 0.1) is 0 Å². The largest absolute Gasteiger partial charge is 0.482 e. The number of carbonyl (C=O) groups excluding carboxylic acids is 1. The average Bonchev–Trinajstić information content (AvgIpc) is 2.93. The van der Waals surface area contributed by atoms with Gasteiger partial charge in [-0.3, -0.25) is 9.69 Å². The maximum Gasteiger partial charge on any atom is 0.416 e. The molecule has 0 radical (unpaired) electrons. The lowest BCUT2D eigenvalue weighted by atomic mass is 10.1. The van der Waals surface area contributed by atoms with Gasteiger partial charge in [0.1, 0.15) is 5.75 Å². The summed E-state index contributed by atoms with van der Waals surface area (Å²) in [4.78, 5) is 24.6. The fraction of sp³-hybridized carbons (Fsp3) is 0.105. The van der Waals surface area contributed by atoms with Crippen LogP contribution in [0.3, 0.4) is 0 Å². The van der Waals surface area contributed by atoms with Gasteiger partial charge in [0.2, 0.25) is 0 Å². The number of carboxylic acids is 1. The first-order valence-corrected chi connectivity index (χ1v) is 9.27. The molecule has 2 aromatic rings. The van der Waals surface area contributed by atoms with Crippen molar-refractivity contribution in [3.63, 3.8) is 0 Å². The van der Waals surface area contributed by atoms with Gasteiger partial charge in [-0.1, -0.05) is 42.2 Å². The molecule has 0 aromatic heterocycles. The van der Waals surface area contributed by atoms with E-state index in [1.54, 1.807) is 24.3 Å². The van der Waals surface area contributed by atoms with Gasteiger partial charge >= 0.3 is 12.1 Å². The van der Waals surface area contributed by atoms with E-state index < -0.39 is 30.2 Å². The summed E-state index contributed by atoms with van der Waals surface area (Å²) in [6.07, 6.45) is -3.02. The lowest BCUT2D eigenvalue weighted by Crippen LogP contribution is -2.27. The minimum atomic E-state index is -4.54. The molecule has 1 aliphatic rings. The molecular weight excluding hydrogens is 427 g/mol. The molecule has 1 heterocycles. The molecule has 2 aromatic carbocycles. The van der Waals surface area contributed by atoms with E-state index in [1.165, 1.54) is 18.2 Å². The molecule has 29 heavy (non-hydrogen) atoms. The molecule has 0 atom stereocenters. The third kappa shape index (κ3) is 4.96. The van der Waals surface area contributed by atoms with Gasteiger partial charge in [0.05, 0.1) is 16.2 Å². The predicted molar refractivity (Wildman–Crippen MR) is 107 cm³/mol. The summed E-state index contributed by atoms with van der Waals surface area (Å²) in [5.74, 6) is -1.37. The van der Waals surface area contributed by atoms with Crippen molar-refractivity contribution in [3.05, 3.63) is 64.6 Å². The first kappa shape index (κ1) is 20.9. The summed E-state index contributed by atoms with van der Waals surface area (Å²) < 4.78 is 44.1. The molecule has 3 rings (SSSR count). The number of anilines is 1. The van der Waals surface area contributed by atoms with E-state index in [4.69, 9.17) is 22.1 Å². The molecule has 1 amide bonds. The number of halogens is 3. The standard InChI is InChI=1S/C19H12F3NO4S2/c20-19(21,22)12-4-2-5-13(9-12)23-17(26)15(29-18(23)28)8-11-3-1-6-14(7-11)27-10-16(24)25/h1-9H,10H2,(H,24,25)/b15-8-. The highest BCUT2D eigenvalue weighted by Crippen LogP contribution is 2.38. The fourth-order valence-corrected chi connectivity index (χ4v) is 3.80. The third-order valence-electron chi connectivity index (χ3n) is 3.74. The summed E-state index contributed by atoms with van der Waals surface area (Å²) in [6, 6.07) is 10.8. The van der Waals surface area contributed by atoms with Crippen LogP contribution in [0.15, 0.2) is 53.4 Å². The number of rotatable bonds is 5. The van der Waals surface area contributed by atoms with E-state index in [2.05, 4.69) is 0 Å². The second kappa shape index (κ2) is 8.26. The number of ether oxygens (including phenoxy) is 1. The normalized spacial score (nSPS) is 15.8. The Kier molecular flexibility index (Phi) is 5.94. The van der Waals surface area contributed by atoms with Crippen molar-refractivity contribution in [1.82, 2.24) is 0 Å². The van der Waals surface area contributed by atoms with Crippen molar-refractivity contribution in [3.8, 4) is 5.75 Å². The highest BCUT2D eigenvalue weighted by Gasteiger charge is 2.36. The Morgan fingerprint density at radius 1 is 1.21 bits per heavy atom. The zero-order chi connectivity index (χ0) is 21.2. The molecule has 10 heteroatoms. The number of carboxylic acid groups (broad SMARTS) is 1. The Morgan fingerprint density at radius 3 is 2.62 bits per heavy atom. The summed E-state index contributed by atoms with van der Waals surface area (Å²) in [5, 5.41) is 8.67. The number of hydrogen-bond donors (Lipinski definition) is 1. The summed E-state index contributed by atoms with van der Waals surface area (Å²) >= 11 is 6.14. The lowest BCUT2D eigenvalue weighted by molar-refractivity contribution is -0.139. The van der Waals surface area contributed by atoms with E-state index >= 15 is 0 Å². The van der Waals surface area contributed by atoms with Crippen LogP contribution >= 0.6 is 24.0 Å². The molecule has 0 saturated carbocycles. The maximum atomic E-state index is 13.0. The van der Waals surface area contributed by atoms with Crippen molar-refractivity contribution >= 4 is 51.9 Å². The van der Waals surface area contributed by atoms with E-state index in [0.717, 1.165) is 28.8 Å². The second-order valence-corrected chi connectivity index (χ2v) is 7.50. The molecule has 1 fully saturated rings. The van der Waals surface area contributed by atoms with Crippen LogP contribution in [-0.2, 0) is 15.8 Å². The molecule has 1 aliphatic heterocycles. The number of alkyl halides is 3. The highest BCUT2D eigenvalue weighted by atomic mass is 32.2. The van der Waals surface area contributed by atoms with E-state index in [0.29, 0.717) is 11.3 Å². The van der Waals surface area contributed by atoms with Crippen LogP contribution in [0.4, 0.5) is 18.9 Å². The van der Waals surface area contributed by atoms with Gasteiger partial charge in [-0.25, -0.2) is 4.79 Å². The van der Waals surface area contributed by atoms with Gasteiger partial charge in [0, 0.05) is 0 Å². The quantitative estimate of drug-likeness (QED) is 0.544. The van der Waals surface area contributed by atoms with Crippen LogP contribution in [0.1, 0.15) is 11.1 Å². The fourth-order valence-electron chi connectivity index (χ4n) is 2.50. The van der Waals surface area contributed by atoms with Gasteiger partial charge in [0.25, 0.3) is 5.91 Å². The number of aliphatic carboxylic acids is 1. The number of thiocarbonyl (C=S) groups is 1. The monoisotopic (exact) mass is 439 g/mol. The van der Waals surface area contributed by atoms with Gasteiger partial charge in [-0.15, -0.1) is 0 Å². The smallest absolute Gasteiger partial charge is 0.416 e. The maximum absolute atomic E-state index is 13.0. The van der Waals surface area contributed by atoms with E-state index in [9.17, 15) is 22.8 Å². The predicted octanol–water partition coefficient (Wildman–Crippen LogP) is 4.57. The Labute approximate surface area is 172 Å². The molecule has 5 nitrogen and oxygen atoms in total. The van der Waals surface area contributed by atoms with Crippen LogP contribution in [-0.4, -0.2) is 27.9 Å². The van der Waals surface area contributed by atoms with Gasteiger partial charge in [-0.05, 0) is 42.0 Å². The number of carbonyl (C=O) groups is 2. The third-order valence-corrected chi connectivity index (χ3v) is 5.05. The summed E-state index contributed by atoms with van der Waals surface area (Å²) in [5.41, 5.74) is -0.294. The minimum absolute atomic E-state index is 0.0317. The summed E-state index contributed by atoms with van der Waals surface area (Å²) in [7, 11) is 0. The highest BCUT2D eigenvalue weighted by molar-refractivity contribution is 8.27.